The first-order chi connectivity index (χ1) is 9.70. The molecule has 4 rings (SSSR count). The SMILES string of the molecule is Cc1coc2c1c(C)cc1o/c(=N\O)c3c(c12)CCC3. The topological polar surface area (TPSA) is 58.9 Å². The Hall–Kier alpha value is -2.23. The lowest BCUT2D eigenvalue weighted by Crippen LogP contribution is -2.09. The number of aryl methyl sites for hydroxylation is 3. The van der Waals surface area contributed by atoms with Crippen molar-refractivity contribution in [1.82, 2.24) is 0 Å². The minimum absolute atomic E-state index is 0.340. The fourth-order valence-electron chi connectivity index (χ4n) is 3.44. The molecule has 1 aliphatic carbocycles. The summed E-state index contributed by atoms with van der Waals surface area (Å²) in [7, 11) is 0. The lowest BCUT2D eigenvalue weighted by atomic mass is 10.0. The molecule has 0 amide bonds. The summed E-state index contributed by atoms with van der Waals surface area (Å²) in [6, 6.07) is 2.01. The number of nitrogens with zero attached hydrogens (tertiary/aromatic N) is 1. The Labute approximate surface area is 115 Å². The molecule has 0 spiro atoms. The Balaban J connectivity index is 2.31. The number of hydrogen-bond acceptors (Lipinski definition) is 4. The zero-order chi connectivity index (χ0) is 13.9. The Morgan fingerprint density at radius 2 is 1.90 bits per heavy atom. The molecule has 1 N–H and O–H groups in total. The van der Waals surface area contributed by atoms with Crippen molar-refractivity contribution < 1.29 is 14.0 Å². The van der Waals surface area contributed by atoms with Gasteiger partial charge < -0.3 is 14.0 Å². The van der Waals surface area contributed by atoms with Crippen LogP contribution in [-0.2, 0) is 12.8 Å². The Morgan fingerprint density at radius 1 is 1.10 bits per heavy atom. The maximum Gasteiger partial charge on any atom is 0.259 e. The van der Waals surface area contributed by atoms with Gasteiger partial charge in [-0.1, -0.05) is 0 Å². The molecule has 2 heterocycles. The van der Waals surface area contributed by atoms with Crippen molar-refractivity contribution in [2.24, 2.45) is 5.16 Å². The maximum absolute atomic E-state index is 9.16. The molecular weight excluding hydrogens is 254 g/mol. The van der Waals surface area contributed by atoms with E-state index >= 15 is 0 Å². The van der Waals surface area contributed by atoms with Gasteiger partial charge in [0.05, 0.1) is 11.6 Å². The molecule has 0 radical (unpaired) electrons. The number of rotatable bonds is 0. The van der Waals surface area contributed by atoms with Gasteiger partial charge in [0.2, 0.25) is 0 Å². The first-order valence-corrected chi connectivity index (χ1v) is 6.84. The van der Waals surface area contributed by atoms with Crippen molar-refractivity contribution in [3.05, 3.63) is 40.1 Å². The molecule has 1 aliphatic rings. The summed E-state index contributed by atoms with van der Waals surface area (Å²) in [5.74, 6) is 0. The molecule has 1 aromatic carbocycles. The van der Waals surface area contributed by atoms with Crippen LogP contribution in [0.25, 0.3) is 21.9 Å². The highest BCUT2D eigenvalue weighted by Gasteiger charge is 2.22. The van der Waals surface area contributed by atoms with E-state index < -0.39 is 0 Å². The summed E-state index contributed by atoms with van der Waals surface area (Å²) in [4.78, 5) is 0. The van der Waals surface area contributed by atoms with Crippen molar-refractivity contribution in [1.29, 1.82) is 0 Å². The van der Waals surface area contributed by atoms with Gasteiger partial charge >= 0.3 is 0 Å². The standard InChI is InChI=1S/C16H15NO3/c1-8-6-12-14(15-13(8)9(2)7-19-15)10-4-3-5-11(10)16(17-18)20-12/h6-7,18H,3-5H2,1-2H3/b17-16-. The van der Waals surface area contributed by atoms with E-state index in [-0.39, 0.29) is 0 Å². The average Bonchev–Trinajstić information content (AvgIpc) is 3.05. The van der Waals surface area contributed by atoms with Crippen LogP contribution >= 0.6 is 0 Å². The smallest absolute Gasteiger partial charge is 0.259 e. The number of fused-ring (bicyclic) bond motifs is 5. The van der Waals surface area contributed by atoms with Crippen molar-refractivity contribution in [2.45, 2.75) is 33.1 Å². The molecule has 0 saturated heterocycles. The van der Waals surface area contributed by atoms with Gasteiger partial charge in [-0.2, -0.15) is 0 Å². The maximum atomic E-state index is 9.16. The van der Waals surface area contributed by atoms with Crippen LogP contribution in [0.2, 0.25) is 0 Å². The molecule has 0 atom stereocenters. The van der Waals surface area contributed by atoms with E-state index in [1.54, 1.807) is 6.26 Å². The van der Waals surface area contributed by atoms with Crippen molar-refractivity contribution >= 4 is 21.9 Å². The predicted molar refractivity (Wildman–Crippen MR) is 74.8 cm³/mol. The van der Waals surface area contributed by atoms with Gasteiger partial charge in [-0.25, -0.2) is 0 Å². The van der Waals surface area contributed by atoms with Crippen LogP contribution < -0.4 is 5.55 Å². The van der Waals surface area contributed by atoms with Crippen LogP contribution in [-0.4, -0.2) is 5.21 Å². The van der Waals surface area contributed by atoms with E-state index in [0.29, 0.717) is 5.55 Å². The molecule has 3 aromatic rings. The predicted octanol–water partition coefficient (Wildman–Crippen LogP) is 3.57. The molecule has 102 valence electrons. The van der Waals surface area contributed by atoms with Gasteiger partial charge in [0.15, 0.2) is 0 Å². The number of hydrogen-bond donors (Lipinski definition) is 1. The number of benzene rings is 1. The lowest BCUT2D eigenvalue weighted by Gasteiger charge is -2.07. The quantitative estimate of drug-likeness (QED) is 0.501. The monoisotopic (exact) mass is 269 g/mol. The molecule has 2 aromatic heterocycles. The Kier molecular flexibility index (Phi) is 2.25. The van der Waals surface area contributed by atoms with Crippen LogP contribution in [0.15, 0.2) is 26.3 Å². The van der Waals surface area contributed by atoms with Crippen LogP contribution in [0.1, 0.15) is 28.7 Å². The van der Waals surface area contributed by atoms with Gasteiger partial charge in [0, 0.05) is 10.9 Å². The highest BCUT2D eigenvalue weighted by atomic mass is 16.5. The molecule has 0 saturated carbocycles. The van der Waals surface area contributed by atoms with Gasteiger partial charge in [-0.05, 0) is 61.0 Å². The van der Waals surface area contributed by atoms with Crippen LogP contribution in [0.5, 0.6) is 0 Å². The van der Waals surface area contributed by atoms with E-state index in [9.17, 15) is 0 Å². The third-order valence-electron chi connectivity index (χ3n) is 4.27. The van der Waals surface area contributed by atoms with Gasteiger partial charge in [-0.3, -0.25) is 0 Å². The number of furan rings is 1. The third kappa shape index (κ3) is 1.33. The summed E-state index contributed by atoms with van der Waals surface area (Å²) in [5, 5.41) is 14.7. The largest absolute Gasteiger partial charge is 0.463 e. The van der Waals surface area contributed by atoms with E-state index in [4.69, 9.17) is 14.0 Å². The second-order valence-electron chi connectivity index (χ2n) is 5.51. The fourth-order valence-corrected chi connectivity index (χ4v) is 3.44. The first kappa shape index (κ1) is 11.6. The second kappa shape index (κ2) is 3.88. The molecule has 20 heavy (non-hydrogen) atoms. The summed E-state index contributed by atoms with van der Waals surface area (Å²) in [6.45, 7) is 4.10. The zero-order valence-electron chi connectivity index (χ0n) is 11.5. The molecular formula is C16H15NO3. The summed E-state index contributed by atoms with van der Waals surface area (Å²) in [6.07, 6.45) is 4.72. The second-order valence-corrected chi connectivity index (χ2v) is 5.51. The minimum atomic E-state index is 0.340. The molecule has 4 heteroatoms. The third-order valence-corrected chi connectivity index (χ3v) is 4.27. The summed E-state index contributed by atoms with van der Waals surface area (Å²) >= 11 is 0. The van der Waals surface area contributed by atoms with Crippen molar-refractivity contribution in [2.75, 3.05) is 0 Å². The van der Waals surface area contributed by atoms with Gasteiger partial charge in [0.1, 0.15) is 11.2 Å². The highest BCUT2D eigenvalue weighted by molar-refractivity contribution is 6.07. The van der Waals surface area contributed by atoms with E-state index in [1.807, 2.05) is 13.0 Å². The molecule has 0 bridgehead atoms. The average molecular weight is 269 g/mol. The minimum Gasteiger partial charge on any atom is -0.463 e. The lowest BCUT2D eigenvalue weighted by molar-refractivity contribution is 0.275. The van der Waals surface area contributed by atoms with Gasteiger partial charge in [0.25, 0.3) is 5.55 Å². The molecule has 0 fully saturated rings. The molecule has 0 unspecified atom stereocenters. The fraction of sp³-hybridized carbons (Fsp3) is 0.312. The zero-order valence-corrected chi connectivity index (χ0v) is 11.5. The van der Waals surface area contributed by atoms with E-state index in [1.165, 1.54) is 5.56 Å². The Bertz CT molecular complexity index is 915. The van der Waals surface area contributed by atoms with Crippen LogP contribution in [0, 0.1) is 13.8 Å². The molecule has 0 aliphatic heterocycles. The Morgan fingerprint density at radius 3 is 2.70 bits per heavy atom. The first-order valence-electron chi connectivity index (χ1n) is 6.84. The summed E-state index contributed by atoms with van der Waals surface area (Å²) in [5.41, 5.74) is 6.44. The highest BCUT2D eigenvalue weighted by Crippen LogP contribution is 2.36. The van der Waals surface area contributed by atoms with E-state index in [0.717, 1.165) is 57.9 Å². The van der Waals surface area contributed by atoms with Gasteiger partial charge in [-0.15, -0.1) is 0 Å². The molecule has 4 nitrogen and oxygen atoms in total. The van der Waals surface area contributed by atoms with Crippen molar-refractivity contribution in [3.8, 4) is 0 Å². The summed E-state index contributed by atoms with van der Waals surface area (Å²) < 4.78 is 11.6. The van der Waals surface area contributed by atoms with Crippen molar-refractivity contribution in [3.63, 3.8) is 0 Å². The van der Waals surface area contributed by atoms with E-state index in [2.05, 4.69) is 12.1 Å². The normalized spacial score (nSPS) is 15.4. The van der Waals surface area contributed by atoms with Crippen LogP contribution in [0.4, 0.5) is 0 Å². The van der Waals surface area contributed by atoms with Crippen LogP contribution in [0.3, 0.4) is 0 Å².